The van der Waals surface area contributed by atoms with Gasteiger partial charge in [-0.05, 0) is 48.4 Å². The third-order valence-corrected chi connectivity index (χ3v) is 4.96. The van der Waals surface area contributed by atoms with Gasteiger partial charge in [0.05, 0.1) is 7.11 Å². The van der Waals surface area contributed by atoms with E-state index < -0.39 is 0 Å². The molecule has 2 aromatic carbocycles. The zero-order valence-corrected chi connectivity index (χ0v) is 20.8. The van der Waals surface area contributed by atoms with Gasteiger partial charge in [-0.15, -0.1) is 24.0 Å². The second kappa shape index (κ2) is 14.1. The third-order valence-electron chi connectivity index (χ3n) is 4.96. The fourth-order valence-electron chi connectivity index (χ4n) is 3.00. The molecule has 1 aliphatic rings. The molecule has 0 saturated heterocycles. The van der Waals surface area contributed by atoms with Crippen LogP contribution in [-0.4, -0.2) is 39.9 Å². The molecule has 1 fully saturated rings. The van der Waals surface area contributed by atoms with Crippen molar-refractivity contribution in [1.82, 2.24) is 10.6 Å². The lowest BCUT2D eigenvalue weighted by molar-refractivity contribution is 0.123. The molecule has 0 atom stereocenters. The summed E-state index contributed by atoms with van der Waals surface area (Å²) in [5.41, 5.74) is 2.22. The Kier molecular flexibility index (Phi) is 11.5. The smallest absolute Gasteiger partial charge is 0.191 e. The average molecular weight is 539 g/mol. The molecule has 0 unspecified atom stereocenters. The Hall–Kier alpha value is -2.00. The van der Waals surface area contributed by atoms with Gasteiger partial charge in [0.1, 0.15) is 6.61 Å². The molecule has 1 aliphatic carbocycles. The molecule has 0 amide bonds. The number of halogens is 1. The van der Waals surface area contributed by atoms with Gasteiger partial charge in [-0.3, -0.25) is 4.99 Å². The first-order chi connectivity index (χ1) is 14.8. The van der Waals surface area contributed by atoms with Crippen molar-refractivity contribution in [2.24, 2.45) is 10.9 Å². The number of nitrogens with zero attached hydrogens (tertiary/aromatic N) is 1. The minimum absolute atomic E-state index is 0. The maximum atomic E-state index is 5.93. The maximum absolute atomic E-state index is 5.93. The molecule has 1 saturated carbocycles. The molecule has 0 radical (unpaired) electrons. The molecule has 6 nitrogen and oxygen atoms in total. The molecule has 170 valence electrons. The lowest BCUT2D eigenvalue weighted by Gasteiger charge is -2.14. The molecule has 2 aromatic rings. The number of nitrogens with one attached hydrogen (secondary N) is 2. The van der Waals surface area contributed by atoms with Gasteiger partial charge in [0.2, 0.25) is 0 Å². The van der Waals surface area contributed by atoms with Gasteiger partial charge >= 0.3 is 0 Å². The lowest BCUT2D eigenvalue weighted by atomic mass is 10.2. The van der Waals surface area contributed by atoms with Gasteiger partial charge in [0.15, 0.2) is 17.5 Å². The van der Waals surface area contributed by atoms with Gasteiger partial charge in [0, 0.05) is 33.4 Å². The Bertz CT molecular complexity index is 798. The molecule has 2 N–H and O–H groups in total. The molecule has 0 heterocycles. The standard InChI is InChI=1S/C24H33N3O3.HI/c1-25-24(26-13-6-14-29-17-20-9-10-20)27-16-21-11-12-22(23(15-21)28-2)30-18-19-7-4-3-5-8-19;/h3-5,7-8,11-12,15,20H,6,9-10,13-14,16-18H2,1-2H3,(H2,25,26,27);1H. The summed E-state index contributed by atoms with van der Waals surface area (Å²) in [4.78, 5) is 4.28. The summed E-state index contributed by atoms with van der Waals surface area (Å²) < 4.78 is 17.1. The normalized spacial score (nSPS) is 13.3. The van der Waals surface area contributed by atoms with Crippen LogP contribution in [0.4, 0.5) is 0 Å². The molecule has 7 heteroatoms. The maximum Gasteiger partial charge on any atom is 0.191 e. The summed E-state index contributed by atoms with van der Waals surface area (Å²) in [6.07, 6.45) is 3.63. The molecule has 0 aromatic heterocycles. The number of aliphatic imine (C=N–C) groups is 1. The molecule has 0 spiro atoms. The highest BCUT2D eigenvalue weighted by atomic mass is 127. The van der Waals surface area contributed by atoms with Gasteiger partial charge in [0.25, 0.3) is 0 Å². The number of rotatable bonds is 12. The summed E-state index contributed by atoms with van der Waals surface area (Å²) in [7, 11) is 3.44. The number of benzene rings is 2. The highest BCUT2D eigenvalue weighted by Gasteiger charge is 2.20. The number of methoxy groups -OCH3 is 1. The van der Waals surface area contributed by atoms with Crippen LogP contribution in [0.1, 0.15) is 30.4 Å². The minimum Gasteiger partial charge on any atom is -0.493 e. The van der Waals surface area contributed by atoms with Crippen LogP contribution in [0.25, 0.3) is 0 Å². The second-order valence-corrected chi connectivity index (χ2v) is 7.48. The predicted molar refractivity (Wildman–Crippen MR) is 136 cm³/mol. The van der Waals surface area contributed by atoms with Gasteiger partial charge in [-0.1, -0.05) is 36.4 Å². The molecule has 0 bridgehead atoms. The van der Waals surface area contributed by atoms with Crippen LogP contribution < -0.4 is 20.1 Å². The van der Waals surface area contributed by atoms with Crippen LogP contribution in [-0.2, 0) is 17.9 Å². The van der Waals surface area contributed by atoms with E-state index in [0.717, 1.165) is 60.7 Å². The van der Waals surface area contributed by atoms with E-state index in [2.05, 4.69) is 15.6 Å². The molecule has 3 rings (SSSR count). The zero-order valence-electron chi connectivity index (χ0n) is 18.4. The number of guanidine groups is 1. The van der Waals surface area contributed by atoms with Gasteiger partial charge in [-0.2, -0.15) is 0 Å². The fraction of sp³-hybridized carbons (Fsp3) is 0.458. The van der Waals surface area contributed by atoms with Crippen molar-refractivity contribution in [3.05, 3.63) is 59.7 Å². The van der Waals surface area contributed by atoms with E-state index in [1.807, 2.05) is 48.5 Å². The van der Waals surface area contributed by atoms with Crippen molar-refractivity contribution in [2.45, 2.75) is 32.4 Å². The summed E-state index contributed by atoms with van der Waals surface area (Å²) >= 11 is 0. The van der Waals surface area contributed by atoms with Crippen LogP contribution in [0.15, 0.2) is 53.5 Å². The van der Waals surface area contributed by atoms with E-state index in [1.165, 1.54) is 12.8 Å². The molecule has 0 aliphatic heterocycles. The van der Waals surface area contributed by atoms with Crippen LogP contribution in [0.3, 0.4) is 0 Å². The van der Waals surface area contributed by atoms with Gasteiger partial charge in [-0.25, -0.2) is 0 Å². The summed E-state index contributed by atoms with van der Waals surface area (Å²) in [6, 6.07) is 16.1. The van der Waals surface area contributed by atoms with E-state index in [9.17, 15) is 0 Å². The number of hydrogen-bond acceptors (Lipinski definition) is 4. The van der Waals surface area contributed by atoms with Crippen molar-refractivity contribution >= 4 is 29.9 Å². The van der Waals surface area contributed by atoms with Crippen molar-refractivity contribution < 1.29 is 14.2 Å². The SMILES string of the molecule is CN=C(NCCCOCC1CC1)NCc1ccc(OCc2ccccc2)c(OC)c1.I. The average Bonchev–Trinajstić information content (AvgIpc) is 3.62. The topological polar surface area (TPSA) is 64.1 Å². The molecule has 31 heavy (non-hydrogen) atoms. The Labute approximate surface area is 202 Å². The quantitative estimate of drug-likeness (QED) is 0.182. The van der Waals surface area contributed by atoms with Crippen molar-refractivity contribution in [3.63, 3.8) is 0 Å². The molecular weight excluding hydrogens is 505 g/mol. The number of hydrogen-bond donors (Lipinski definition) is 2. The third kappa shape index (κ3) is 9.35. The minimum atomic E-state index is 0. The largest absolute Gasteiger partial charge is 0.493 e. The Morgan fingerprint density at radius 3 is 2.55 bits per heavy atom. The summed E-state index contributed by atoms with van der Waals surface area (Å²) in [6.45, 7) is 3.70. The van der Waals surface area contributed by atoms with Crippen LogP contribution in [0.2, 0.25) is 0 Å². The summed E-state index contributed by atoms with van der Waals surface area (Å²) in [5, 5.41) is 6.66. The van der Waals surface area contributed by atoms with E-state index >= 15 is 0 Å². The van der Waals surface area contributed by atoms with Crippen LogP contribution in [0.5, 0.6) is 11.5 Å². The predicted octanol–water partition coefficient (Wildman–Crippen LogP) is 4.37. The van der Waals surface area contributed by atoms with Crippen LogP contribution in [0, 0.1) is 5.92 Å². The van der Waals surface area contributed by atoms with Crippen molar-refractivity contribution in [1.29, 1.82) is 0 Å². The first kappa shape index (κ1) is 25.3. The van der Waals surface area contributed by atoms with Crippen LogP contribution >= 0.6 is 24.0 Å². The monoisotopic (exact) mass is 539 g/mol. The highest BCUT2D eigenvalue weighted by molar-refractivity contribution is 14.0. The van der Waals surface area contributed by atoms with E-state index in [0.29, 0.717) is 13.2 Å². The van der Waals surface area contributed by atoms with Gasteiger partial charge < -0.3 is 24.8 Å². The zero-order chi connectivity index (χ0) is 21.0. The Balaban J connectivity index is 0.00000341. The lowest BCUT2D eigenvalue weighted by Crippen LogP contribution is -2.37. The van der Waals surface area contributed by atoms with E-state index in [1.54, 1.807) is 14.2 Å². The molecular formula is C24H34IN3O3. The number of ether oxygens (including phenoxy) is 3. The fourth-order valence-corrected chi connectivity index (χ4v) is 3.00. The Morgan fingerprint density at radius 2 is 1.84 bits per heavy atom. The summed E-state index contributed by atoms with van der Waals surface area (Å²) in [5.74, 6) is 3.06. The van der Waals surface area contributed by atoms with E-state index in [4.69, 9.17) is 14.2 Å². The van der Waals surface area contributed by atoms with Crippen molar-refractivity contribution in [2.75, 3.05) is 33.9 Å². The first-order valence-corrected chi connectivity index (χ1v) is 10.6. The highest BCUT2D eigenvalue weighted by Crippen LogP contribution is 2.29. The first-order valence-electron chi connectivity index (χ1n) is 10.6. The second-order valence-electron chi connectivity index (χ2n) is 7.48. The van der Waals surface area contributed by atoms with Crippen molar-refractivity contribution in [3.8, 4) is 11.5 Å². The van der Waals surface area contributed by atoms with E-state index in [-0.39, 0.29) is 24.0 Å². The Morgan fingerprint density at radius 1 is 1.03 bits per heavy atom.